The van der Waals surface area contributed by atoms with Crippen LogP contribution in [0.2, 0.25) is 0 Å². The van der Waals surface area contributed by atoms with Gasteiger partial charge in [0.25, 0.3) is 0 Å². The summed E-state index contributed by atoms with van der Waals surface area (Å²) in [5, 5.41) is 11.5. The topological polar surface area (TPSA) is 92.4 Å². The first-order chi connectivity index (χ1) is 8.44. The number of aldehydes is 1. The zero-order valence-electron chi connectivity index (χ0n) is 11.4. The fraction of sp³-hybridized carbons (Fsp3) is 0.846. The number of hydrogen-bond donors (Lipinski definition) is 3. The van der Waals surface area contributed by atoms with Gasteiger partial charge in [0.05, 0.1) is 6.04 Å². The van der Waals surface area contributed by atoms with Crippen molar-refractivity contribution in [2.45, 2.75) is 52.0 Å². The van der Waals surface area contributed by atoms with Crippen molar-refractivity contribution < 1.29 is 14.7 Å². The van der Waals surface area contributed by atoms with Gasteiger partial charge < -0.3 is 21.0 Å². The minimum Gasteiger partial charge on any atom is -0.396 e. The Morgan fingerprint density at radius 2 is 1.94 bits per heavy atom. The van der Waals surface area contributed by atoms with E-state index < -0.39 is 11.5 Å². The molecule has 0 aliphatic rings. The van der Waals surface area contributed by atoms with Crippen molar-refractivity contribution in [2.75, 3.05) is 13.2 Å². The van der Waals surface area contributed by atoms with Crippen LogP contribution in [0.5, 0.6) is 0 Å². The molecular weight excluding hydrogens is 232 g/mol. The highest BCUT2D eigenvalue weighted by atomic mass is 16.2. The summed E-state index contributed by atoms with van der Waals surface area (Å²) in [6.45, 7) is 4.43. The summed E-state index contributed by atoms with van der Waals surface area (Å²) >= 11 is 0. The molecule has 1 atom stereocenters. The maximum atomic E-state index is 11.9. The van der Waals surface area contributed by atoms with Gasteiger partial charge in [-0.2, -0.15) is 0 Å². The summed E-state index contributed by atoms with van der Waals surface area (Å²) in [4.78, 5) is 22.4. The minimum absolute atomic E-state index is 0.0676. The molecule has 5 nitrogen and oxygen atoms in total. The van der Waals surface area contributed by atoms with E-state index in [0.717, 1.165) is 25.7 Å². The summed E-state index contributed by atoms with van der Waals surface area (Å²) in [5.74, 6) is -0.0676. The molecule has 1 unspecified atom stereocenters. The summed E-state index contributed by atoms with van der Waals surface area (Å²) in [7, 11) is 0. The Morgan fingerprint density at radius 1 is 1.33 bits per heavy atom. The highest BCUT2D eigenvalue weighted by molar-refractivity contribution is 5.82. The minimum atomic E-state index is -0.620. The molecule has 0 aliphatic heterocycles. The SMILES string of the molecule is CC(C)(CC(N)C=O)C(=O)NCCCCCCO. The van der Waals surface area contributed by atoms with Crippen molar-refractivity contribution in [3.8, 4) is 0 Å². The van der Waals surface area contributed by atoms with Crippen molar-refractivity contribution in [3.05, 3.63) is 0 Å². The first kappa shape index (κ1) is 17.1. The number of hydrogen-bond acceptors (Lipinski definition) is 4. The lowest BCUT2D eigenvalue weighted by Gasteiger charge is -2.24. The van der Waals surface area contributed by atoms with E-state index in [-0.39, 0.29) is 12.5 Å². The molecule has 5 heteroatoms. The van der Waals surface area contributed by atoms with E-state index in [2.05, 4.69) is 5.32 Å². The Balaban J connectivity index is 3.82. The summed E-state index contributed by atoms with van der Waals surface area (Å²) in [6.07, 6.45) is 4.72. The molecule has 0 spiro atoms. The zero-order valence-corrected chi connectivity index (χ0v) is 11.4. The molecular formula is C13H26N2O3. The monoisotopic (exact) mass is 258 g/mol. The molecule has 0 aromatic carbocycles. The van der Waals surface area contributed by atoms with Gasteiger partial charge in [-0.1, -0.05) is 26.7 Å². The van der Waals surface area contributed by atoms with E-state index in [0.29, 0.717) is 19.3 Å². The Hall–Kier alpha value is -0.940. The van der Waals surface area contributed by atoms with Crippen LogP contribution in [-0.4, -0.2) is 36.5 Å². The number of unbranched alkanes of at least 4 members (excludes halogenated alkanes) is 3. The normalized spacial score (nSPS) is 13.1. The Bertz CT molecular complexity index is 255. The van der Waals surface area contributed by atoms with Gasteiger partial charge in [-0.15, -0.1) is 0 Å². The molecule has 0 aromatic rings. The standard InChI is InChI=1S/C13H26N2O3/c1-13(2,9-11(14)10-17)12(18)15-7-5-3-4-6-8-16/h10-11,16H,3-9,14H2,1-2H3,(H,15,18). The fourth-order valence-electron chi connectivity index (χ4n) is 1.76. The Labute approximate surface area is 109 Å². The zero-order chi connectivity index (χ0) is 14.0. The number of aliphatic hydroxyl groups excluding tert-OH is 1. The molecule has 0 saturated heterocycles. The highest BCUT2D eigenvalue weighted by Gasteiger charge is 2.29. The lowest BCUT2D eigenvalue weighted by atomic mass is 9.85. The van der Waals surface area contributed by atoms with Crippen molar-refractivity contribution >= 4 is 12.2 Å². The van der Waals surface area contributed by atoms with Crippen LogP contribution < -0.4 is 11.1 Å². The van der Waals surface area contributed by atoms with Gasteiger partial charge >= 0.3 is 0 Å². The number of carbonyl (C=O) groups excluding carboxylic acids is 2. The van der Waals surface area contributed by atoms with E-state index in [1.165, 1.54) is 0 Å². The third-order valence-electron chi connectivity index (χ3n) is 2.91. The number of amides is 1. The predicted molar refractivity (Wildman–Crippen MR) is 71.0 cm³/mol. The lowest BCUT2D eigenvalue weighted by molar-refractivity contribution is -0.130. The van der Waals surface area contributed by atoms with E-state index >= 15 is 0 Å². The van der Waals surface area contributed by atoms with Gasteiger partial charge in [0.2, 0.25) is 5.91 Å². The molecule has 0 fully saturated rings. The number of rotatable bonds is 10. The predicted octanol–water partition coefficient (Wildman–Crippen LogP) is 0.598. The number of nitrogens with one attached hydrogen (secondary N) is 1. The van der Waals surface area contributed by atoms with Gasteiger partial charge in [-0.25, -0.2) is 0 Å². The van der Waals surface area contributed by atoms with Crippen LogP contribution in [0.1, 0.15) is 46.0 Å². The maximum Gasteiger partial charge on any atom is 0.225 e. The molecule has 0 saturated carbocycles. The van der Waals surface area contributed by atoms with Gasteiger partial charge in [0.15, 0.2) is 0 Å². The molecule has 0 aliphatic carbocycles. The molecule has 0 radical (unpaired) electrons. The molecule has 106 valence electrons. The number of aliphatic hydroxyl groups is 1. The van der Waals surface area contributed by atoms with Gasteiger partial charge in [-0.3, -0.25) is 4.79 Å². The van der Waals surface area contributed by atoms with Gasteiger partial charge in [0, 0.05) is 18.6 Å². The van der Waals surface area contributed by atoms with E-state index in [9.17, 15) is 9.59 Å². The fourth-order valence-corrected chi connectivity index (χ4v) is 1.76. The first-order valence-electron chi connectivity index (χ1n) is 6.54. The van der Waals surface area contributed by atoms with Crippen LogP contribution in [0, 0.1) is 5.41 Å². The third kappa shape index (κ3) is 7.40. The summed E-state index contributed by atoms with van der Waals surface area (Å²) < 4.78 is 0. The third-order valence-corrected chi connectivity index (χ3v) is 2.91. The molecule has 0 aromatic heterocycles. The van der Waals surface area contributed by atoms with Crippen molar-refractivity contribution in [2.24, 2.45) is 11.1 Å². The van der Waals surface area contributed by atoms with E-state index in [1.807, 2.05) is 0 Å². The molecule has 18 heavy (non-hydrogen) atoms. The summed E-state index contributed by atoms with van der Waals surface area (Å²) in [6, 6.07) is -0.588. The second-order valence-corrected chi connectivity index (χ2v) is 5.28. The Kier molecular flexibility index (Phi) is 8.58. The van der Waals surface area contributed by atoms with E-state index in [4.69, 9.17) is 10.8 Å². The van der Waals surface area contributed by atoms with Gasteiger partial charge in [-0.05, 0) is 19.3 Å². The van der Waals surface area contributed by atoms with Crippen LogP contribution in [-0.2, 0) is 9.59 Å². The highest BCUT2D eigenvalue weighted by Crippen LogP contribution is 2.21. The molecule has 0 rings (SSSR count). The van der Waals surface area contributed by atoms with Crippen LogP contribution in [0.3, 0.4) is 0 Å². The smallest absolute Gasteiger partial charge is 0.225 e. The second-order valence-electron chi connectivity index (χ2n) is 5.28. The van der Waals surface area contributed by atoms with Crippen LogP contribution in [0.15, 0.2) is 0 Å². The van der Waals surface area contributed by atoms with Crippen molar-refractivity contribution in [1.29, 1.82) is 0 Å². The van der Waals surface area contributed by atoms with Crippen molar-refractivity contribution in [1.82, 2.24) is 5.32 Å². The van der Waals surface area contributed by atoms with Crippen LogP contribution in [0.4, 0.5) is 0 Å². The maximum absolute atomic E-state index is 11.9. The quantitative estimate of drug-likeness (QED) is 0.395. The molecule has 0 bridgehead atoms. The number of nitrogens with two attached hydrogens (primary N) is 1. The first-order valence-corrected chi connectivity index (χ1v) is 6.54. The Morgan fingerprint density at radius 3 is 2.50 bits per heavy atom. The summed E-state index contributed by atoms with van der Waals surface area (Å²) in [5.41, 5.74) is 4.92. The molecule has 0 heterocycles. The average molecular weight is 258 g/mol. The number of carbonyl (C=O) groups is 2. The second kappa shape index (κ2) is 9.05. The largest absolute Gasteiger partial charge is 0.396 e. The molecule has 4 N–H and O–H groups in total. The molecule has 1 amide bonds. The van der Waals surface area contributed by atoms with E-state index in [1.54, 1.807) is 13.8 Å². The van der Waals surface area contributed by atoms with Crippen molar-refractivity contribution in [3.63, 3.8) is 0 Å². The average Bonchev–Trinajstić information content (AvgIpc) is 2.32. The lowest BCUT2D eigenvalue weighted by Crippen LogP contribution is -2.41. The van der Waals surface area contributed by atoms with Gasteiger partial charge in [0.1, 0.15) is 6.29 Å². The van der Waals surface area contributed by atoms with Crippen LogP contribution in [0.25, 0.3) is 0 Å². The van der Waals surface area contributed by atoms with Crippen LogP contribution >= 0.6 is 0 Å².